The molecule has 0 aliphatic carbocycles. The van der Waals surface area contributed by atoms with Gasteiger partial charge in [0.25, 0.3) is 5.91 Å². The number of nitriles is 1. The van der Waals surface area contributed by atoms with E-state index in [1.54, 1.807) is 12.1 Å². The molecule has 4 rings (SSSR count). The number of halogens is 1. The van der Waals surface area contributed by atoms with Crippen LogP contribution in [0.25, 0.3) is 16.8 Å². The van der Waals surface area contributed by atoms with E-state index in [4.69, 9.17) is 9.47 Å². The molecule has 0 aromatic heterocycles. The molecule has 0 saturated carbocycles. The van der Waals surface area contributed by atoms with E-state index in [9.17, 15) is 10.1 Å². The third-order valence-corrected chi connectivity index (χ3v) is 6.50. The summed E-state index contributed by atoms with van der Waals surface area (Å²) in [5.74, 6) is 0.649. The van der Waals surface area contributed by atoms with Crippen LogP contribution in [0.2, 0.25) is 0 Å². The Bertz CT molecular complexity index is 1470. The largest absolute Gasteiger partial charge is 0.490 e. The van der Waals surface area contributed by atoms with Crippen LogP contribution in [-0.4, -0.2) is 12.5 Å². The molecule has 4 aromatic carbocycles. The lowest BCUT2D eigenvalue weighted by Gasteiger charge is -2.16. The third-order valence-electron chi connectivity index (χ3n) is 5.91. The van der Waals surface area contributed by atoms with Crippen LogP contribution in [0.4, 0.5) is 0 Å². The summed E-state index contributed by atoms with van der Waals surface area (Å²) in [5, 5.41) is 14.9. The first-order chi connectivity index (χ1) is 18.0. The van der Waals surface area contributed by atoms with Gasteiger partial charge in [0.2, 0.25) is 0 Å². The second-order valence-corrected chi connectivity index (χ2v) is 9.32. The molecule has 1 atom stereocenters. The number of hydrogen-bond donors (Lipinski definition) is 1. The summed E-state index contributed by atoms with van der Waals surface area (Å²) in [5.41, 5.74) is 2.67. The van der Waals surface area contributed by atoms with Crippen molar-refractivity contribution in [3.63, 3.8) is 0 Å². The van der Waals surface area contributed by atoms with E-state index in [-0.39, 0.29) is 11.6 Å². The topological polar surface area (TPSA) is 71.3 Å². The molecule has 1 amide bonds. The Balaban J connectivity index is 1.57. The van der Waals surface area contributed by atoms with Crippen LogP contribution in [0.1, 0.15) is 36.6 Å². The van der Waals surface area contributed by atoms with Gasteiger partial charge in [-0.2, -0.15) is 5.26 Å². The third kappa shape index (κ3) is 6.38. The smallest absolute Gasteiger partial charge is 0.262 e. The Morgan fingerprint density at radius 3 is 2.51 bits per heavy atom. The van der Waals surface area contributed by atoms with E-state index in [1.807, 2.05) is 80.6 Å². The van der Waals surface area contributed by atoms with Crippen molar-refractivity contribution in [1.29, 1.82) is 5.26 Å². The fraction of sp³-hybridized carbons (Fsp3) is 0.161. The molecule has 0 radical (unpaired) electrons. The van der Waals surface area contributed by atoms with Gasteiger partial charge in [0.05, 0.1) is 17.1 Å². The molecule has 0 spiro atoms. The van der Waals surface area contributed by atoms with Gasteiger partial charge >= 0.3 is 0 Å². The SMILES string of the molecule is CCOc1cc(/C=C(/C#N)C(=O)N[C@@H](C)c2ccccc2)cc(Br)c1OCc1cccc2ccccc12. The molecule has 37 heavy (non-hydrogen) atoms. The molecule has 4 aromatic rings. The van der Waals surface area contributed by atoms with Crippen molar-refractivity contribution in [2.45, 2.75) is 26.5 Å². The fourth-order valence-corrected chi connectivity index (χ4v) is 4.63. The minimum Gasteiger partial charge on any atom is -0.490 e. The van der Waals surface area contributed by atoms with E-state index in [0.29, 0.717) is 34.7 Å². The maximum absolute atomic E-state index is 12.8. The number of amides is 1. The van der Waals surface area contributed by atoms with E-state index in [0.717, 1.165) is 21.9 Å². The normalized spacial score (nSPS) is 12.0. The Morgan fingerprint density at radius 2 is 1.76 bits per heavy atom. The summed E-state index contributed by atoms with van der Waals surface area (Å²) < 4.78 is 12.7. The van der Waals surface area contributed by atoms with Gasteiger partial charge in [-0.25, -0.2) is 0 Å². The number of nitrogens with zero attached hydrogens (tertiary/aromatic N) is 1. The zero-order valence-corrected chi connectivity index (χ0v) is 22.3. The van der Waals surface area contributed by atoms with Crippen molar-refractivity contribution in [3.05, 3.63) is 112 Å². The molecule has 0 saturated heterocycles. The van der Waals surface area contributed by atoms with E-state index < -0.39 is 5.91 Å². The number of benzene rings is 4. The minimum absolute atomic E-state index is 0.00144. The fourth-order valence-electron chi connectivity index (χ4n) is 4.06. The highest BCUT2D eigenvalue weighted by Crippen LogP contribution is 2.38. The monoisotopic (exact) mass is 554 g/mol. The molecular formula is C31H27BrN2O3. The molecule has 0 unspecified atom stereocenters. The first-order valence-electron chi connectivity index (χ1n) is 12.0. The van der Waals surface area contributed by atoms with Crippen molar-refractivity contribution in [3.8, 4) is 17.6 Å². The van der Waals surface area contributed by atoms with Gasteiger partial charge < -0.3 is 14.8 Å². The molecule has 0 aliphatic heterocycles. The van der Waals surface area contributed by atoms with Crippen LogP contribution in [0.3, 0.4) is 0 Å². The summed E-state index contributed by atoms with van der Waals surface area (Å²) in [6.45, 7) is 4.57. The number of hydrogen-bond acceptors (Lipinski definition) is 4. The van der Waals surface area contributed by atoms with Crippen molar-refractivity contribution in [2.75, 3.05) is 6.61 Å². The zero-order chi connectivity index (χ0) is 26.2. The Hall–Kier alpha value is -4.08. The van der Waals surface area contributed by atoms with Crippen LogP contribution in [-0.2, 0) is 11.4 Å². The Kier molecular flexibility index (Phi) is 8.60. The molecule has 5 nitrogen and oxygen atoms in total. The van der Waals surface area contributed by atoms with Crippen molar-refractivity contribution >= 4 is 38.7 Å². The second-order valence-electron chi connectivity index (χ2n) is 8.47. The van der Waals surface area contributed by atoms with E-state index in [2.05, 4.69) is 39.4 Å². The lowest BCUT2D eigenvalue weighted by atomic mass is 10.1. The summed E-state index contributed by atoms with van der Waals surface area (Å²) in [6, 6.07) is 29.3. The molecule has 0 aliphatic rings. The number of nitrogens with one attached hydrogen (secondary N) is 1. The first-order valence-corrected chi connectivity index (χ1v) is 12.8. The molecular weight excluding hydrogens is 528 g/mol. The van der Waals surface area contributed by atoms with Gasteiger partial charge in [-0.1, -0.05) is 72.8 Å². The maximum atomic E-state index is 12.8. The number of rotatable bonds is 9. The molecule has 0 heterocycles. The lowest BCUT2D eigenvalue weighted by Crippen LogP contribution is -2.27. The molecule has 1 N–H and O–H groups in total. The van der Waals surface area contributed by atoms with Gasteiger partial charge in [-0.05, 0) is 75.4 Å². The van der Waals surface area contributed by atoms with Crippen molar-refractivity contribution in [2.24, 2.45) is 0 Å². The Labute approximate surface area is 225 Å². The average molecular weight is 555 g/mol. The number of ether oxygens (including phenoxy) is 2. The number of carbonyl (C=O) groups is 1. The van der Waals surface area contributed by atoms with E-state index >= 15 is 0 Å². The summed E-state index contributed by atoms with van der Waals surface area (Å²) in [6.07, 6.45) is 1.55. The highest BCUT2D eigenvalue weighted by atomic mass is 79.9. The van der Waals surface area contributed by atoms with Gasteiger partial charge in [0.1, 0.15) is 18.2 Å². The summed E-state index contributed by atoms with van der Waals surface area (Å²) >= 11 is 3.59. The zero-order valence-electron chi connectivity index (χ0n) is 20.7. The maximum Gasteiger partial charge on any atom is 0.262 e. The lowest BCUT2D eigenvalue weighted by molar-refractivity contribution is -0.117. The van der Waals surface area contributed by atoms with Gasteiger partial charge in [-0.3, -0.25) is 4.79 Å². The van der Waals surface area contributed by atoms with Gasteiger partial charge in [0, 0.05) is 0 Å². The average Bonchev–Trinajstić information content (AvgIpc) is 2.92. The summed E-state index contributed by atoms with van der Waals surface area (Å²) in [7, 11) is 0. The van der Waals surface area contributed by atoms with Gasteiger partial charge in [-0.15, -0.1) is 0 Å². The quantitative estimate of drug-likeness (QED) is 0.173. The molecule has 6 heteroatoms. The second kappa shape index (κ2) is 12.2. The standard InChI is InChI=1S/C31H27BrN2O3/c1-3-36-29-18-22(16-26(19-33)31(35)34-21(2)23-10-5-4-6-11-23)17-28(32)30(29)37-20-25-14-9-13-24-12-7-8-15-27(24)25/h4-18,21H,3,20H2,1-2H3,(H,34,35)/b26-16-/t21-/m0/s1. The predicted octanol–water partition coefficient (Wildman–Crippen LogP) is 7.36. The van der Waals surface area contributed by atoms with Gasteiger partial charge in [0.15, 0.2) is 11.5 Å². The molecule has 0 bridgehead atoms. The van der Waals surface area contributed by atoms with Crippen LogP contribution in [0, 0.1) is 11.3 Å². The Morgan fingerprint density at radius 1 is 1.03 bits per heavy atom. The highest BCUT2D eigenvalue weighted by molar-refractivity contribution is 9.10. The van der Waals surface area contributed by atoms with Crippen LogP contribution < -0.4 is 14.8 Å². The predicted molar refractivity (Wildman–Crippen MR) is 150 cm³/mol. The van der Waals surface area contributed by atoms with Crippen molar-refractivity contribution in [1.82, 2.24) is 5.32 Å². The number of fused-ring (bicyclic) bond motifs is 1. The summed E-state index contributed by atoms with van der Waals surface area (Å²) in [4.78, 5) is 12.8. The highest BCUT2D eigenvalue weighted by Gasteiger charge is 2.16. The van der Waals surface area contributed by atoms with Crippen LogP contribution >= 0.6 is 15.9 Å². The van der Waals surface area contributed by atoms with Crippen LogP contribution in [0.5, 0.6) is 11.5 Å². The van der Waals surface area contributed by atoms with Crippen molar-refractivity contribution < 1.29 is 14.3 Å². The first kappa shape index (κ1) is 26.0. The minimum atomic E-state index is -0.441. The van der Waals surface area contributed by atoms with Crippen LogP contribution in [0.15, 0.2) is 95.0 Å². The number of carbonyl (C=O) groups excluding carboxylic acids is 1. The van der Waals surface area contributed by atoms with E-state index in [1.165, 1.54) is 0 Å². The molecule has 0 fully saturated rings. The molecule has 186 valence electrons.